The molecule has 0 radical (unpaired) electrons. The van der Waals surface area contributed by atoms with Crippen molar-refractivity contribution in [3.63, 3.8) is 0 Å². The van der Waals surface area contributed by atoms with Gasteiger partial charge >= 0.3 is 0 Å². The highest BCUT2D eigenvalue weighted by molar-refractivity contribution is 6.02. The van der Waals surface area contributed by atoms with Crippen molar-refractivity contribution in [2.75, 3.05) is 6.61 Å². The van der Waals surface area contributed by atoms with Crippen LogP contribution in [-0.4, -0.2) is 28.3 Å². The molecule has 0 unspecified atom stereocenters. The van der Waals surface area contributed by atoms with E-state index in [0.717, 1.165) is 48.2 Å². The average molecular weight is 455 g/mol. The van der Waals surface area contributed by atoms with Crippen LogP contribution in [0.2, 0.25) is 0 Å². The Hall–Kier alpha value is -3.85. The minimum Gasteiger partial charge on any atom is -0.494 e. The molecule has 1 heterocycles. The number of para-hydroxylation sites is 1. The fraction of sp³-hybridized carbons (Fsp3) is 0.321. The molecule has 2 aromatic carbocycles. The van der Waals surface area contributed by atoms with Gasteiger partial charge in [0.05, 0.1) is 12.3 Å². The molecule has 34 heavy (non-hydrogen) atoms. The molecule has 1 aliphatic rings. The molecular weight excluding hydrogens is 424 g/mol. The van der Waals surface area contributed by atoms with Gasteiger partial charge < -0.3 is 10.1 Å². The topological polar surface area (TPSA) is 79.9 Å². The van der Waals surface area contributed by atoms with Crippen LogP contribution in [0.15, 0.2) is 60.3 Å². The number of nitrogens with one attached hydrogen (secondary N) is 1. The van der Waals surface area contributed by atoms with Crippen LogP contribution in [0.3, 0.4) is 0 Å². The van der Waals surface area contributed by atoms with Crippen molar-refractivity contribution in [2.24, 2.45) is 0 Å². The lowest BCUT2D eigenvalue weighted by atomic mass is 9.95. The molecule has 1 aromatic heterocycles. The second-order valence-corrected chi connectivity index (χ2v) is 8.60. The van der Waals surface area contributed by atoms with Crippen LogP contribution in [0.1, 0.15) is 50.2 Å². The minimum absolute atomic E-state index is 0.0853. The summed E-state index contributed by atoms with van der Waals surface area (Å²) in [4.78, 5) is 12.9. The second-order valence-electron chi connectivity index (χ2n) is 8.60. The standard InChI is InChI=1S/C28H30N4O2/c1-3-34-26-15-14-21(16-20(26)2)27-23(19-32(31-27)25-12-8-5-9-13-25)17-22(18-29)28(33)30-24-10-6-4-7-11-24/h5,8-9,12-17,19,24H,3-4,6-7,10-11H2,1-2H3,(H,30,33). The summed E-state index contributed by atoms with van der Waals surface area (Å²) in [5.74, 6) is 0.506. The summed E-state index contributed by atoms with van der Waals surface area (Å²) < 4.78 is 7.46. The Morgan fingerprint density at radius 1 is 1.21 bits per heavy atom. The van der Waals surface area contributed by atoms with E-state index in [2.05, 4.69) is 11.4 Å². The van der Waals surface area contributed by atoms with Crippen molar-refractivity contribution in [1.29, 1.82) is 5.26 Å². The molecule has 0 aliphatic heterocycles. The van der Waals surface area contributed by atoms with E-state index < -0.39 is 0 Å². The molecule has 0 spiro atoms. The van der Waals surface area contributed by atoms with Crippen molar-refractivity contribution in [3.05, 3.63) is 71.4 Å². The molecule has 1 N–H and O–H groups in total. The molecule has 0 atom stereocenters. The number of carbonyl (C=O) groups excluding carboxylic acids is 1. The monoisotopic (exact) mass is 454 g/mol. The minimum atomic E-state index is -0.323. The quantitative estimate of drug-likeness (QED) is 0.372. The lowest BCUT2D eigenvalue weighted by Crippen LogP contribution is -2.36. The van der Waals surface area contributed by atoms with Crippen molar-refractivity contribution >= 4 is 12.0 Å². The maximum atomic E-state index is 12.9. The van der Waals surface area contributed by atoms with Gasteiger partial charge in [0, 0.05) is 23.4 Å². The number of hydrogen-bond donors (Lipinski definition) is 1. The Kier molecular flexibility index (Phi) is 7.44. The molecule has 3 aromatic rings. The molecule has 6 nitrogen and oxygen atoms in total. The smallest absolute Gasteiger partial charge is 0.262 e. The number of carbonyl (C=O) groups is 1. The number of benzene rings is 2. The highest BCUT2D eigenvalue weighted by Gasteiger charge is 2.20. The van der Waals surface area contributed by atoms with Crippen LogP contribution in [0, 0.1) is 18.3 Å². The number of nitrogens with zero attached hydrogens (tertiary/aromatic N) is 3. The third kappa shape index (κ3) is 5.37. The van der Waals surface area contributed by atoms with E-state index in [1.165, 1.54) is 6.42 Å². The van der Waals surface area contributed by atoms with E-state index in [0.29, 0.717) is 17.9 Å². The van der Waals surface area contributed by atoms with Crippen molar-refractivity contribution in [1.82, 2.24) is 15.1 Å². The molecule has 1 amide bonds. The second kappa shape index (κ2) is 10.8. The van der Waals surface area contributed by atoms with Gasteiger partial charge in [-0.1, -0.05) is 37.5 Å². The number of amides is 1. The molecule has 6 heteroatoms. The Bertz CT molecular complexity index is 1210. The summed E-state index contributed by atoms with van der Waals surface area (Å²) >= 11 is 0. The Balaban J connectivity index is 1.72. The molecular formula is C28H30N4O2. The van der Waals surface area contributed by atoms with Gasteiger partial charge in [-0.15, -0.1) is 0 Å². The summed E-state index contributed by atoms with van der Waals surface area (Å²) in [6.07, 6.45) is 8.87. The van der Waals surface area contributed by atoms with Crippen LogP contribution in [0.25, 0.3) is 23.0 Å². The van der Waals surface area contributed by atoms with Gasteiger partial charge in [-0.25, -0.2) is 4.68 Å². The third-order valence-electron chi connectivity index (χ3n) is 6.12. The van der Waals surface area contributed by atoms with E-state index in [4.69, 9.17) is 9.84 Å². The summed E-state index contributed by atoms with van der Waals surface area (Å²) in [6.45, 7) is 4.55. The maximum Gasteiger partial charge on any atom is 0.262 e. The number of aryl methyl sites for hydroxylation is 1. The molecule has 4 rings (SSSR count). The van der Waals surface area contributed by atoms with Crippen LogP contribution >= 0.6 is 0 Å². The van der Waals surface area contributed by atoms with Crippen LogP contribution in [0.5, 0.6) is 5.75 Å². The number of rotatable bonds is 7. The van der Waals surface area contributed by atoms with Gasteiger partial charge in [-0.3, -0.25) is 4.79 Å². The largest absolute Gasteiger partial charge is 0.494 e. The van der Waals surface area contributed by atoms with E-state index in [1.54, 1.807) is 10.8 Å². The molecule has 1 aliphatic carbocycles. The summed E-state index contributed by atoms with van der Waals surface area (Å²) in [5.41, 5.74) is 4.29. The zero-order valence-corrected chi connectivity index (χ0v) is 19.8. The summed E-state index contributed by atoms with van der Waals surface area (Å²) in [6, 6.07) is 17.9. The van der Waals surface area contributed by atoms with E-state index >= 15 is 0 Å². The van der Waals surface area contributed by atoms with Gasteiger partial charge in [0.25, 0.3) is 5.91 Å². The molecule has 174 valence electrons. The first-order valence-corrected chi connectivity index (χ1v) is 11.9. The van der Waals surface area contributed by atoms with Gasteiger partial charge in [0.15, 0.2) is 0 Å². The Labute approximate surface area is 200 Å². The first kappa shape index (κ1) is 23.3. The molecule has 0 bridgehead atoms. The first-order valence-electron chi connectivity index (χ1n) is 11.9. The van der Waals surface area contributed by atoms with Gasteiger partial charge in [0.2, 0.25) is 0 Å². The normalized spacial score (nSPS) is 14.4. The Morgan fingerprint density at radius 2 is 1.97 bits per heavy atom. The average Bonchev–Trinajstić information content (AvgIpc) is 3.29. The summed E-state index contributed by atoms with van der Waals surface area (Å²) in [5, 5.41) is 17.7. The fourth-order valence-electron chi connectivity index (χ4n) is 4.36. The van der Waals surface area contributed by atoms with E-state index in [1.807, 2.05) is 68.6 Å². The number of aromatic nitrogens is 2. The van der Waals surface area contributed by atoms with Gasteiger partial charge in [0.1, 0.15) is 23.1 Å². The van der Waals surface area contributed by atoms with Crippen molar-refractivity contribution in [3.8, 4) is 28.8 Å². The van der Waals surface area contributed by atoms with E-state index in [9.17, 15) is 10.1 Å². The highest BCUT2D eigenvalue weighted by atomic mass is 16.5. The van der Waals surface area contributed by atoms with E-state index in [-0.39, 0.29) is 17.5 Å². The molecule has 0 saturated heterocycles. The van der Waals surface area contributed by atoms with Gasteiger partial charge in [-0.05, 0) is 68.7 Å². The molecule has 1 fully saturated rings. The molecule has 1 saturated carbocycles. The van der Waals surface area contributed by atoms with Crippen LogP contribution in [-0.2, 0) is 4.79 Å². The van der Waals surface area contributed by atoms with Crippen LogP contribution in [0.4, 0.5) is 0 Å². The lowest BCUT2D eigenvalue weighted by molar-refractivity contribution is -0.117. The zero-order chi connectivity index (χ0) is 23.9. The Morgan fingerprint density at radius 3 is 2.65 bits per heavy atom. The summed E-state index contributed by atoms with van der Waals surface area (Å²) in [7, 11) is 0. The highest BCUT2D eigenvalue weighted by Crippen LogP contribution is 2.30. The maximum absolute atomic E-state index is 12.9. The predicted octanol–water partition coefficient (Wildman–Crippen LogP) is 5.60. The predicted molar refractivity (Wildman–Crippen MR) is 134 cm³/mol. The fourth-order valence-corrected chi connectivity index (χ4v) is 4.36. The first-order chi connectivity index (χ1) is 16.6. The van der Waals surface area contributed by atoms with Crippen molar-refractivity contribution in [2.45, 2.75) is 52.0 Å². The van der Waals surface area contributed by atoms with Gasteiger partial charge in [-0.2, -0.15) is 10.4 Å². The number of nitriles is 1. The lowest BCUT2D eigenvalue weighted by Gasteiger charge is -2.22. The zero-order valence-electron chi connectivity index (χ0n) is 19.8. The SMILES string of the molecule is CCOc1ccc(-c2nn(-c3ccccc3)cc2C=C(C#N)C(=O)NC2CCCCC2)cc1C. The van der Waals surface area contributed by atoms with Crippen molar-refractivity contribution < 1.29 is 9.53 Å². The third-order valence-corrected chi connectivity index (χ3v) is 6.12. The number of hydrogen-bond acceptors (Lipinski definition) is 4. The number of ether oxygens (including phenoxy) is 1. The van der Waals surface area contributed by atoms with Crippen LogP contribution < -0.4 is 10.1 Å².